The normalized spacial score (nSPS) is 22.3. The first kappa shape index (κ1) is 8.48. The Hall–Kier alpha value is -1.12. The highest BCUT2D eigenvalue weighted by atomic mass is 15.3. The number of hydrogen-bond donors (Lipinski definition) is 0. The van der Waals surface area contributed by atoms with Crippen LogP contribution in [0.25, 0.3) is 0 Å². The molecule has 3 heteroatoms. The molecule has 1 aromatic heterocycles. The third-order valence-electron chi connectivity index (χ3n) is 2.47. The minimum Gasteiger partial charge on any atom is -0.341 e. The van der Waals surface area contributed by atoms with Crippen molar-refractivity contribution in [3.05, 3.63) is 18.0 Å². The van der Waals surface area contributed by atoms with Gasteiger partial charge in [-0.05, 0) is 24.8 Å². The minimum atomic E-state index is 0.782. The first-order chi connectivity index (χ1) is 6.25. The lowest BCUT2D eigenvalue weighted by atomic mass is 10.2. The first-order valence-electron chi connectivity index (χ1n) is 4.79. The SMILES string of the molecule is Cc1cnc(N2CCC(C)C2)nc1. The molecular formula is C10H15N3. The van der Waals surface area contributed by atoms with Gasteiger partial charge in [0.15, 0.2) is 0 Å². The highest BCUT2D eigenvalue weighted by Crippen LogP contribution is 2.19. The minimum absolute atomic E-state index is 0.782. The van der Waals surface area contributed by atoms with Crippen molar-refractivity contribution >= 4 is 5.95 Å². The lowest BCUT2D eigenvalue weighted by Crippen LogP contribution is -2.21. The smallest absolute Gasteiger partial charge is 0.225 e. The van der Waals surface area contributed by atoms with Crippen LogP contribution < -0.4 is 4.90 Å². The van der Waals surface area contributed by atoms with Gasteiger partial charge in [0, 0.05) is 25.5 Å². The van der Waals surface area contributed by atoms with Crippen LogP contribution in [-0.4, -0.2) is 23.1 Å². The van der Waals surface area contributed by atoms with Crippen molar-refractivity contribution in [2.75, 3.05) is 18.0 Å². The summed E-state index contributed by atoms with van der Waals surface area (Å²) in [6, 6.07) is 0. The van der Waals surface area contributed by atoms with E-state index in [4.69, 9.17) is 0 Å². The molecule has 1 unspecified atom stereocenters. The summed E-state index contributed by atoms with van der Waals surface area (Å²) in [5.41, 5.74) is 1.12. The van der Waals surface area contributed by atoms with Crippen molar-refractivity contribution in [2.24, 2.45) is 5.92 Å². The van der Waals surface area contributed by atoms with Crippen LogP contribution in [0.2, 0.25) is 0 Å². The van der Waals surface area contributed by atoms with Gasteiger partial charge in [-0.1, -0.05) is 6.92 Å². The van der Waals surface area contributed by atoms with E-state index >= 15 is 0 Å². The van der Waals surface area contributed by atoms with Gasteiger partial charge in [-0.15, -0.1) is 0 Å². The van der Waals surface area contributed by atoms with Crippen LogP contribution >= 0.6 is 0 Å². The van der Waals surface area contributed by atoms with E-state index in [0.717, 1.165) is 30.5 Å². The third kappa shape index (κ3) is 1.79. The Morgan fingerprint density at radius 1 is 1.38 bits per heavy atom. The van der Waals surface area contributed by atoms with Crippen LogP contribution in [0, 0.1) is 12.8 Å². The molecule has 0 aromatic carbocycles. The van der Waals surface area contributed by atoms with Crippen molar-refractivity contribution in [3.8, 4) is 0 Å². The monoisotopic (exact) mass is 177 g/mol. The summed E-state index contributed by atoms with van der Waals surface area (Å²) >= 11 is 0. The molecule has 1 aliphatic rings. The zero-order chi connectivity index (χ0) is 9.26. The predicted octanol–water partition coefficient (Wildman–Crippen LogP) is 1.63. The molecule has 0 spiro atoms. The highest BCUT2D eigenvalue weighted by molar-refractivity contribution is 5.31. The summed E-state index contributed by atoms with van der Waals surface area (Å²) in [7, 11) is 0. The van der Waals surface area contributed by atoms with Crippen LogP contribution in [0.4, 0.5) is 5.95 Å². The molecule has 1 aliphatic heterocycles. The number of aryl methyl sites for hydroxylation is 1. The fraction of sp³-hybridized carbons (Fsp3) is 0.600. The fourth-order valence-electron chi connectivity index (χ4n) is 1.67. The van der Waals surface area contributed by atoms with Crippen LogP contribution in [0.5, 0.6) is 0 Å². The van der Waals surface area contributed by atoms with Gasteiger partial charge in [0.2, 0.25) is 5.95 Å². The Balaban J connectivity index is 2.13. The third-order valence-corrected chi connectivity index (χ3v) is 2.47. The molecular weight excluding hydrogens is 162 g/mol. The molecule has 0 N–H and O–H groups in total. The van der Waals surface area contributed by atoms with Crippen molar-refractivity contribution in [2.45, 2.75) is 20.3 Å². The summed E-state index contributed by atoms with van der Waals surface area (Å²) in [6.07, 6.45) is 5.02. The van der Waals surface area contributed by atoms with Crippen LogP contribution in [0.1, 0.15) is 18.9 Å². The highest BCUT2D eigenvalue weighted by Gasteiger charge is 2.20. The Labute approximate surface area is 78.8 Å². The number of aromatic nitrogens is 2. The lowest BCUT2D eigenvalue weighted by Gasteiger charge is -2.14. The predicted molar refractivity (Wildman–Crippen MR) is 52.8 cm³/mol. The van der Waals surface area contributed by atoms with Crippen molar-refractivity contribution in [1.82, 2.24) is 9.97 Å². The van der Waals surface area contributed by atoms with Crippen LogP contribution in [0.3, 0.4) is 0 Å². The second kappa shape index (κ2) is 3.32. The fourth-order valence-corrected chi connectivity index (χ4v) is 1.67. The second-order valence-corrected chi connectivity index (χ2v) is 3.90. The van der Waals surface area contributed by atoms with Gasteiger partial charge < -0.3 is 4.90 Å². The summed E-state index contributed by atoms with van der Waals surface area (Å²) < 4.78 is 0. The van der Waals surface area contributed by atoms with E-state index < -0.39 is 0 Å². The first-order valence-corrected chi connectivity index (χ1v) is 4.79. The quantitative estimate of drug-likeness (QED) is 0.653. The maximum absolute atomic E-state index is 4.31. The van der Waals surface area contributed by atoms with Gasteiger partial charge in [0.25, 0.3) is 0 Å². The standard InChI is InChI=1S/C10H15N3/c1-8-3-4-13(7-8)10-11-5-9(2)6-12-10/h5-6,8H,3-4,7H2,1-2H3. The molecule has 0 radical (unpaired) electrons. The van der Waals surface area contributed by atoms with E-state index in [-0.39, 0.29) is 0 Å². The van der Waals surface area contributed by atoms with Crippen molar-refractivity contribution in [1.29, 1.82) is 0 Å². The molecule has 1 saturated heterocycles. The van der Waals surface area contributed by atoms with E-state index in [9.17, 15) is 0 Å². The van der Waals surface area contributed by atoms with Crippen LogP contribution in [-0.2, 0) is 0 Å². The van der Waals surface area contributed by atoms with Gasteiger partial charge in [0.05, 0.1) is 0 Å². The Bertz CT molecular complexity index is 281. The average Bonchev–Trinajstić information content (AvgIpc) is 2.53. The van der Waals surface area contributed by atoms with E-state index in [1.807, 2.05) is 19.3 Å². The largest absolute Gasteiger partial charge is 0.341 e. The average molecular weight is 177 g/mol. The van der Waals surface area contributed by atoms with Gasteiger partial charge in [-0.2, -0.15) is 0 Å². The van der Waals surface area contributed by atoms with Crippen molar-refractivity contribution < 1.29 is 0 Å². The van der Waals surface area contributed by atoms with E-state index in [1.165, 1.54) is 6.42 Å². The Morgan fingerprint density at radius 2 is 2.08 bits per heavy atom. The second-order valence-electron chi connectivity index (χ2n) is 3.90. The van der Waals surface area contributed by atoms with Crippen LogP contribution in [0.15, 0.2) is 12.4 Å². The maximum Gasteiger partial charge on any atom is 0.225 e. The molecule has 0 saturated carbocycles. The van der Waals surface area contributed by atoms with Gasteiger partial charge in [-0.25, -0.2) is 9.97 Å². The number of rotatable bonds is 1. The summed E-state index contributed by atoms with van der Waals surface area (Å²) in [6.45, 7) is 6.48. The van der Waals surface area contributed by atoms with Gasteiger partial charge in [0.1, 0.15) is 0 Å². The molecule has 0 amide bonds. The molecule has 1 fully saturated rings. The summed E-state index contributed by atoms with van der Waals surface area (Å²) in [5, 5.41) is 0. The summed E-state index contributed by atoms with van der Waals surface area (Å²) in [5.74, 6) is 1.67. The van der Waals surface area contributed by atoms with Crippen molar-refractivity contribution in [3.63, 3.8) is 0 Å². The molecule has 1 atom stereocenters. The molecule has 1 aromatic rings. The maximum atomic E-state index is 4.31. The number of anilines is 1. The molecule has 2 rings (SSSR count). The molecule has 13 heavy (non-hydrogen) atoms. The Morgan fingerprint density at radius 3 is 2.62 bits per heavy atom. The van der Waals surface area contributed by atoms with Gasteiger partial charge >= 0.3 is 0 Å². The van der Waals surface area contributed by atoms with Gasteiger partial charge in [-0.3, -0.25) is 0 Å². The topological polar surface area (TPSA) is 29.0 Å². The molecule has 3 nitrogen and oxygen atoms in total. The van der Waals surface area contributed by atoms with E-state index in [0.29, 0.717) is 0 Å². The van der Waals surface area contributed by atoms with E-state index in [1.54, 1.807) is 0 Å². The van der Waals surface area contributed by atoms with E-state index in [2.05, 4.69) is 21.8 Å². The number of nitrogens with zero attached hydrogens (tertiary/aromatic N) is 3. The number of hydrogen-bond acceptors (Lipinski definition) is 3. The Kier molecular flexibility index (Phi) is 2.17. The molecule has 0 aliphatic carbocycles. The molecule has 0 bridgehead atoms. The zero-order valence-electron chi connectivity index (χ0n) is 8.20. The molecule has 2 heterocycles. The zero-order valence-corrected chi connectivity index (χ0v) is 8.20. The summed E-state index contributed by atoms with van der Waals surface area (Å²) in [4.78, 5) is 10.9. The molecule has 70 valence electrons. The lowest BCUT2D eigenvalue weighted by molar-refractivity contribution is 0.658.